The van der Waals surface area contributed by atoms with E-state index in [9.17, 15) is 4.79 Å². The minimum atomic E-state index is -0.293. The average molecular weight is 248 g/mol. The van der Waals surface area contributed by atoms with E-state index in [0.29, 0.717) is 12.1 Å². The molecule has 0 radical (unpaired) electrons. The van der Waals surface area contributed by atoms with Gasteiger partial charge in [-0.1, -0.05) is 12.1 Å². The molecule has 0 aromatic heterocycles. The number of benzene rings is 1. The summed E-state index contributed by atoms with van der Waals surface area (Å²) in [4.78, 5) is 13.2. The Balaban J connectivity index is 2.59. The van der Waals surface area contributed by atoms with Crippen LogP contribution in [0.5, 0.6) is 0 Å². The lowest BCUT2D eigenvalue weighted by molar-refractivity contribution is -0.136. The molecule has 0 amide bonds. The molecule has 0 saturated carbocycles. The van der Waals surface area contributed by atoms with Crippen LogP contribution in [0.4, 0.5) is 11.4 Å². The van der Waals surface area contributed by atoms with Crippen LogP contribution in [0.3, 0.4) is 0 Å². The van der Waals surface area contributed by atoms with Crippen LogP contribution in [0.1, 0.15) is 6.92 Å². The summed E-state index contributed by atoms with van der Waals surface area (Å²) in [7, 11) is 5.38. The predicted molar refractivity (Wildman–Crippen MR) is 75.0 cm³/mol. The summed E-state index contributed by atoms with van der Waals surface area (Å²) in [6.07, 6.45) is 1.81. The summed E-state index contributed by atoms with van der Waals surface area (Å²) < 4.78 is 4.62. The van der Waals surface area contributed by atoms with Crippen molar-refractivity contribution < 1.29 is 9.53 Å². The van der Waals surface area contributed by atoms with Gasteiger partial charge in [0.25, 0.3) is 0 Å². The van der Waals surface area contributed by atoms with Crippen molar-refractivity contribution in [1.29, 1.82) is 0 Å². The van der Waals surface area contributed by atoms with E-state index >= 15 is 0 Å². The average Bonchev–Trinajstić information content (AvgIpc) is 2.38. The number of methoxy groups -OCH3 is 1. The lowest BCUT2D eigenvalue weighted by Crippen LogP contribution is -2.09. The van der Waals surface area contributed by atoms with Crippen LogP contribution in [-0.4, -0.2) is 33.7 Å². The maximum atomic E-state index is 11.2. The number of carbonyl (C=O) groups is 1. The van der Waals surface area contributed by atoms with Gasteiger partial charge in [-0.05, 0) is 25.1 Å². The zero-order chi connectivity index (χ0) is 13.5. The van der Waals surface area contributed by atoms with E-state index < -0.39 is 0 Å². The Morgan fingerprint density at radius 1 is 1.44 bits per heavy atom. The number of anilines is 2. The van der Waals surface area contributed by atoms with Crippen LogP contribution in [0.2, 0.25) is 0 Å². The second-order valence-corrected chi connectivity index (χ2v) is 4.20. The predicted octanol–water partition coefficient (Wildman–Crippen LogP) is 2.28. The van der Waals surface area contributed by atoms with E-state index in [2.05, 4.69) is 16.1 Å². The molecule has 0 aliphatic carbocycles. The molecule has 1 aromatic carbocycles. The highest BCUT2D eigenvalue weighted by atomic mass is 16.5. The molecule has 0 aliphatic heterocycles. The van der Waals surface area contributed by atoms with Crippen molar-refractivity contribution in [2.24, 2.45) is 0 Å². The van der Waals surface area contributed by atoms with Crippen molar-refractivity contribution in [3.8, 4) is 0 Å². The third kappa shape index (κ3) is 4.13. The zero-order valence-electron chi connectivity index (χ0n) is 11.4. The maximum Gasteiger partial charge on any atom is 0.333 e. The van der Waals surface area contributed by atoms with Gasteiger partial charge in [-0.15, -0.1) is 0 Å². The maximum absolute atomic E-state index is 11.2. The van der Waals surface area contributed by atoms with Gasteiger partial charge in [0.2, 0.25) is 0 Å². The van der Waals surface area contributed by atoms with E-state index in [1.807, 2.05) is 43.3 Å². The Labute approximate surface area is 108 Å². The van der Waals surface area contributed by atoms with Gasteiger partial charge in [-0.3, -0.25) is 0 Å². The summed E-state index contributed by atoms with van der Waals surface area (Å²) in [5.74, 6) is -0.293. The van der Waals surface area contributed by atoms with Crippen LogP contribution >= 0.6 is 0 Å². The molecule has 4 nitrogen and oxygen atoms in total. The van der Waals surface area contributed by atoms with E-state index in [-0.39, 0.29) is 5.97 Å². The molecule has 0 atom stereocenters. The molecule has 98 valence electrons. The minimum absolute atomic E-state index is 0.293. The van der Waals surface area contributed by atoms with Crippen molar-refractivity contribution in [2.45, 2.75) is 6.92 Å². The summed E-state index contributed by atoms with van der Waals surface area (Å²) in [6, 6.07) is 8.09. The van der Waals surface area contributed by atoms with Crippen molar-refractivity contribution >= 4 is 17.3 Å². The van der Waals surface area contributed by atoms with Crippen LogP contribution in [0, 0.1) is 0 Å². The second kappa shape index (κ2) is 6.69. The number of hydrogen-bond acceptors (Lipinski definition) is 4. The van der Waals surface area contributed by atoms with Crippen LogP contribution in [-0.2, 0) is 9.53 Å². The van der Waals surface area contributed by atoms with E-state index in [1.165, 1.54) is 7.11 Å². The Morgan fingerprint density at radius 2 is 2.17 bits per heavy atom. The summed E-state index contributed by atoms with van der Waals surface area (Å²) in [5.41, 5.74) is 2.76. The fraction of sp³-hybridized carbons (Fsp3) is 0.357. The van der Waals surface area contributed by atoms with E-state index in [4.69, 9.17) is 0 Å². The van der Waals surface area contributed by atoms with Crippen molar-refractivity contribution in [3.05, 3.63) is 35.9 Å². The van der Waals surface area contributed by atoms with Gasteiger partial charge in [-0.2, -0.15) is 0 Å². The molecule has 0 unspecified atom stereocenters. The molecule has 18 heavy (non-hydrogen) atoms. The molecule has 4 heteroatoms. The molecule has 0 aliphatic rings. The highest BCUT2D eigenvalue weighted by molar-refractivity contribution is 5.87. The quantitative estimate of drug-likeness (QED) is 0.641. The number of rotatable bonds is 5. The SMILES string of the molecule is COC(=O)/C(C)=C/CNc1cccc(N(C)C)c1. The highest BCUT2D eigenvalue weighted by Crippen LogP contribution is 2.16. The second-order valence-electron chi connectivity index (χ2n) is 4.20. The molecule has 0 heterocycles. The molecule has 0 spiro atoms. The number of carbonyl (C=O) groups excluding carboxylic acids is 1. The number of ether oxygens (including phenoxy) is 1. The van der Waals surface area contributed by atoms with Gasteiger partial charge in [0.05, 0.1) is 7.11 Å². The Kier molecular flexibility index (Phi) is 5.24. The van der Waals surface area contributed by atoms with Crippen LogP contribution in [0.25, 0.3) is 0 Å². The fourth-order valence-electron chi connectivity index (χ4n) is 1.46. The first kappa shape index (κ1) is 14.1. The molecule has 0 saturated heterocycles. The van der Waals surface area contributed by atoms with Gasteiger partial charge in [0.15, 0.2) is 0 Å². The first-order valence-corrected chi connectivity index (χ1v) is 5.81. The highest BCUT2D eigenvalue weighted by Gasteiger charge is 2.01. The lowest BCUT2D eigenvalue weighted by Gasteiger charge is -2.14. The number of hydrogen-bond donors (Lipinski definition) is 1. The molecular weight excluding hydrogens is 228 g/mol. The van der Waals surface area contributed by atoms with Gasteiger partial charge in [-0.25, -0.2) is 4.79 Å². The molecule has 0 bridgehead atoms. The molecule has 1 rings (SSSR count). The van der Waals surface area contributed by atoms with Crippen molar-refractivity contribution in [1.82, 2.24) is 0 Å². The minimum Gasteiger partial charge on any atom is -0.466 e. The van der Waals surface area contributed by atoms with Gasteiger partial charge < -0.3 is 15.0 Å². The number of esters is 1. The smallest absolute Gasteiger partial charge is 0.333 e. The molecular formula is C14H20N2O2. The standard InChI is InChI=1S/C14H20N2O2/c1-11(14(17)18-4)8-9-15-12-6-5-7-13(10-12)16(2)3/h5-8,10,15H,9H2,1-4H3/b11-8+. The van der Waals surface area contributed by atoms with Gasteiger partial charge in [0, 0.05) is 37.6 Å². The van der Waals surface area contributed by atoms with Crippen LogP contribution < -0.4 is 10.2 Å². The normalized spacial score (nSPS) is 11.0. The molecule has 0 fully saturated rings. The molecule has 1 aromatic rings. The van der Waals surface area contributed by atoms with Crippen LogP contribution in [0.15, 0.2) is 35.9 Å². The first-order chi connectivity index (χ1) is 8.54. The Bertz CT molecular complexity index is 439. The monoisotopic (exact) mass is 248 g/mol. The van der Waals surface area contributed by atoms with Gasteiger partial charge >= 0.3 is 5.97 Å². The van der Waals surface area contributed by atoms with E-state index in [0.717, 1.165) is 11.4 Å². The largest absolute Gasteiger partial charge is 0.466 e. The zero-order valence-corrected chi connectivity index (χ0v) is 11.4. The lowest BCUT2D eigenvalue weighted by atomic mass is 10.2. The third-order valence-corrected chi connectivity index (χ3v) is 2.58. The Hall–Kier alpha value is -1.97. The molecule has 1 N–H and O–H groups in total. The first-order valence-electron chi connectivity index (χ1n) is 5.81. The van der Waals surface area contributed by atoms with Crippen molar-refractivity contribution in [2.75, 3.05) is 38.0 Å². The summed E-state index contributed by atoms with van der Waals surface area (Å²) >= 11 is 0. The summed E-state index contributed by atoms with van der Waals surface area (Å²) in [5, 5.41) is 3.24. The number of nitrogens with zero attached hydrogens (tertiary/aromatic N) is 1. The Morgan fingerprint density at radius 3 is 2.78 bits per heavy atom. The van der Waals surface area contributed by atoms with E-state index in [1.54, 1.807) is 6.92 Å². The third-order valence-electron chi connectivity index (χ3n) is 2.58. The topological polar surface area (TPSA) is 41.6 Å². The fourth-order valence-corrected chi connectivity index (χ4v) is 1.46. The van der Waals surface area contributed by atoms with Crippen molar-refractivity contribution in [3.63, 3.8) is 0 Å². The summed E-state index contributed by atoms with van der Waals surface area (Å²) in [6.45, 7) is 2.33. The van der Waals surface area contributed by atoms with Gasteiger partial charge in [0.1, 0.15) is 0 Å². The number of nitrogens with one attached hydrogen (secondary N) is 1.